The van der Waals surface area contributed by atoms with E-state index in [2.05, 4.69) is 22.0 Å². The van der Waals surface area contributed by atoms with Gasteiger partial charge in [-0.2, -0.15) is 5.26 Å². The lowest BCUT2D eigenvalue weighted by molar-refractivity contribution is -0.704. The molecule has 0 bridgehead atoms. The molecule has 11 heteroatoms. The van der Waals surface area contributed by atoms with Crippen molar-refractivity contribution in [3.63, 3.8) is 0 Å². The summed E-state index contributed by atoms with van der Waals surface area (Å²) in [7, 11) is 0. The number of aromatic amines is 1. The van der Waals surface area contributed by atoms with Gasteiger partial charge in [0.25, 0.3) is 5.91 Å². The fourth-order valence-electron chi connectivity index (χ4n) is 3.32. The quantitative estimate of drug-likeness (QED) is 0.248. The minimum atomic E-state index is -0.712. The summed E-state index contributed by atoms with van der Waals surface area (Å²) in [6.45, 7) is 5.26. The van der Waals surface area contributed by atoms with Gasteiger partial charge in [-0.05, 0) is 60.2 Å². The van der Waals surface area contributed by atoms with Gasteiger partial charge in [-0.15, -0.1) is 11.3 Å². The lowest BCUT2D eigenvalue weighted by atomic mass is 10.1. The van der Waals surface area contributed by atoms with Gasteiger partial charge in [0.2, 0.25) is 11.6 Å². The number of anilines is 2. The van der Waals surface area contributed by atoms with Gasteiger partial charge in [0.05, 0.1) is 15.7 Å². The molecule has 0 spiro atoms. The number of amides is 2. The summed E-state index contributed by atoms with van der Waals surface area (Å²) >= 11 is 2.05. The molecule has 182 valence electrons. The minimum Gasteiger partial charge on any atom is -0.321 e. The number of aromatic nitrogens is 2. The molecule has 4 rings (SSSR count). The zero-order valence-corrected chi connectivity index (χ0v) is 21.3. The largest absolute Gasteiger partial charge is 0.442 e. The number of hydrogen-bond donors (Lipinski definition) is 3. The van der Waals surface area contributed by atoms with Crippen molar-refractivity contribution in [2.24, 2.45) is 0 Å². The SMILES string of the molecule is Cc1ccc(-[n+]2[nH]oc(=O)c2SC(C)C(=O)Nc2sc(C(=O)Nc3ccccc3)c(C)c2C#N)cc1. The molecule has 36 heavy (non-hydrogen) atoms. The second-order valence-corrected chi connectivity index (χ2v) is 10.2. The normalized spacial score (nSPS) is 11.5. The van der Waals surface area contributed by atoms with Gasteiger partial charge in [0.1, 0.15) is 11.1 Å². The van der Waals surface area contributed by atoms with Crippen LogP contribution in [0.15, 0.2) is 68.9 Å². The summed E-state index contributed by atoms with van der Waals surface area (Å²) in [5.41, 5.74) is 2.45. The van der Waals surface area contributed by atoms with Crippen LogP contribution in [0.2, 0.25) is 0 Å². The Morgan fingerprint density at radius 1 is 1.11 bits per heavy atom. The average Bonchev–Trinajstić information content (AvgIpc) is 3.39. The van der Waals surface area contributed by atoms with E-state index in [1.807, 2.05) is 37.3 Å². The van der Waals surface area contributed by atoms with Crippen molar-refractivity contribution in [3.05, 3.63) is 86.6 Å². The average molecular weight is 521 g/mol. The van der Waals surface area contributed by atoms with Crippen LogP contribution < -0.4 is 20.9 Å². The van der Waals surface area contributed by atoms with Gasteiger partial charge in [-0.25, -0.2) is 4.79 Å². The maximum atomic E-state index is 13.0. The number of aryl methyl sites for hydroxylation is 1. The van der Waals surface area contributed by atoms with Crippen LogP contribution in [-0.2, 0) is 4.79 Å². The Kier molecular flexibility index (Phi) is 7.38. The number of nitrogens with zero attached hydrogens (tertiary/aromatic N) is 2. The third kappa shape index (κ3) is 5.25. The van der Waals surface area contributed by atoms with Crippen molar-refractivity contribution in [1.29, 1.82) is 5.26 Å². The Balaban J connectivity index is 1.52. The number of hydrogen-bond acceptors (Lipinski definition) is 7. The zero-order valence-electron chi connectivity index (χ0n) is 19.6. The maximum Gasteiger partial charge on any atom is 0.442 e. The molecule has 0 fully saturated rings. The fourth-order valence-corrected chi connectivity index (χ4v) is 5.27. The van der Waals surface area contributed by atoms with E-state index in [0.717, 1.165) is 28.7 Å². The number of thioether (sulfide) groups is 1. The fraction of sp³-hybridized carbons (Fsp3) is 0.160. The smallest absolute Gasteiger partial charge is 0.321 e. The van der Waals surface area contributed by atoms with Gasteiger partial charge in [-0.1, -0.05) is 35.9 Å². The highest BCUT2D eigenvalue weighted by Gasteiger charge is 2.30. The van der Waals surface area contributed by atoms with Crippen molar-refractivity contribution in [2.45, 2.75) is 31.0 Å². The number of carbonyl (C=O) groups is 2. The number of nitriles is 1. The second-order valence-electron chi connectivity index (χ2n) is 7.90. The molecule has 3 N–H and O–H groups in total. The summed E-state index contributed by atoms with van der Waals surface area (Å²) < 4.78 is 6.42. The summed E-state index contributed by atoms with van der Waals surface area (Å²) in [6, 6.07) is 18.5. The molecular weight excluding hydrogens is 498 g/mol. The van der Waals surface area contributed by atoms with Crippen molar-refractivity contribution >= 4 is 45.6 Å². The molecule has 1 unspecified atom stereocenters. The molecule has 0 aliphatic carbocycles. The molecule has 0 saturated heterocycles. The van der Waals surface area contributed by atoms with E-state index in [-0.39, 0.29) is 21.5 Å². The number of nitrogens with one attached hydrogen (secondary N) is 3. The summed E-state index contributed by atoms with van der Waals surface area (Å²) in [5, 5.41) is 17.5. The van der Waals surface area contributed by atoms with E-state index in [9.17, 15) is 19.6 Å². The molecule has 2 aromatic heterocycles. The minimum absolute atomic E-state index is 0.201. The van der Waals surface area contributed by atoms with E-state index in [4.69, 9.17) is 4.52 Å². The topological polar surface area (TPSA) is 132 Å². The molecule has 2 aromatic carbocycles. The first-order valence-electron chi connectivity index (χ1n) is 10.9. The molecule has 2 amide bonds. The predicted octanol–water partition coefficient (Wildman–Crippen LogP) is 4.17. The van der Waals surface area contributed by atoms with Crippen LogP contribution in [-0.4, -0.2) is 22.3 Å². The molecule has 9 nitrogen and oxygen atoms in total. The number of carbonyl (C=O) groups excluding carboxylic acids is 2. The van der Waals surface area contributed by atoms with Gasteiger partial charge in [-0.3, -0.25) is 14.1 Å². The Bertz CT molecular complexity index is 1510. The molecule has 1 atom stereocenters. The number of rotatable bonds is 7. The number of H-pyrrole nitrogens is 1. The van der Waals surface area contributed by atoms with Crippen molar-refractivity contribution in [1.82, 2.24) is 5.27 Å². The highest BCUT2D eigenvalue weighted by atomic mass is 32.2. The first-order chi connectivity index (χ1) is 17.3. The van der Waals surface area contributed by atoms with E-state index in [1.165, 1.54) is 4.68 Å². The molecule has 0 aliphatic heterocycles. The van der Waals surface area contributed by atoms with Gasteiger partial charge in [0.15, 0.2) is 0 Å². The van der Waals surface area contributed by atoms with Crippen LogP contribution in [0.4, 0.5) is 10.7 Å². The van der Waals surface area contributed by atoms with Crippen molar-refractivity contribution in [3.8, 4) is 11.8 Å². The highest BCUT2D eigenvalue weighted by Crippen LogP contribution is 2.34. The van der Waals surface area contributed by atoms with E-state index in [0.29, 0.717) is 21.8 Å². The Morgan fingerprint density at radius 3 is 2.47 bits per heavy atom. The van der Waals surface area contributed by atoms with Gasteiger partial charge in [0, 0.05) is 17.8 Å². The Labute approximate surface area is 214 Å². The number of benzene rings is 2. The predicted molar refractivity (Wildman–Crippen MR) is 138 cm³/mol. The van der Waals surface area contributed by atoms with Crippen LogP contribution >= 0.6 is 23.1 Å². The van der Waals surface area contributed by atoms with Crippen LogP contribution in [0.1, 0.15) is 33.3 Å². The Morgan fingerprint density at radius 2 is 1.81 bits per heavy atom. The van der Waals surface area contributed by atoms with Crippen LogP contribution in [0.5, 0.6) is 0 Å². The van der Waals surface area contributed by atoms with Crippen LogP contribution in [0, 0.1) is 25.2 Å². The molecule has 2 heterocycles. The molecule has 0 saturated carbocycles. The third-order valence-electron chi connectivity index (χ3n) is 5.29. The molecular formula is C25H22N5O4S2+. The van der Waals surface area contributed by atoms with E-state index in [1.54, 1.807) is 38.1 Å². The summed E-state index contributed by atoms with van der Waals surface area (Å²) in [4.78, 5) is 38.4. The Hall–Kier alpha value is -4.14. The lowest BCUT2D eigenvalue weighted by Gasteiger charge is -2.08. The van der Waals surface area contributed by atoms with Crippen LogP contribution in [0.25, 0.3) is 5.69 Å². The monoisotopic (exact) mass is 520 g/mol. The first kappa shape index (κ1) is 25.0. The van der Waals surface area contributed by atoms with Crippen molar-refractivity contribution < 1.29 is 18.8 Å². The van der Waals surface area contributed by atoms with E-state index < -0.39 is 16.8 Å². The second kappa shape index (κ2) is 10.6. The van der Waals surface area contributed by atoms with Crippen molar-refractivity contribution in [2.75, 3.05) is 10.6 Å². The molecule has 4 aromatic rings. The number of thiophene rings is 1. The highest BCUT2D eigenvalue weighted by molar-refractivity contribution is 8.00. The summed E-state index contributed by atoms with van der Waals surface area (Å²) in [6.07, 6.45) is 0. The summed E-state index contributed by atoms with van der Waals surface area (Å²) in [5.74, 6) is -0.795. The standard InChI is InChI=1S/C25H21N5O4S2/c1-14-9-11-18(12-10-14)30-24(25(33)34-29-30)35-16(3)21(31)28-23-19(13-26)15(2)20(36-23)22(32)27-17-7-5-4-6-8-17/h4-12,16H,1-3H3,(H2-,27,28,29,31,32,33)/p+1. The first-order valence-corrected chi connectivity index (χ1v) is 12.6. The van der Waals surface area contributed by atoms with Crippen LogP contribution in [0.3, 0.4) is 0 Å². The van der Waals surface area contributed by atoms with Gasteiger partial charge >= 0.3 is 10.7 Å². The zero-order chi connectivity index (χ0) is 25.8. The van der Waals surface area contributed by atoms with Gasteiger partial charge < -0.3 is 10.6 Å². The lowest BCUT2D eigenvalue weighted by Crippen LogP contribution is -2.37. The molecule has 0 aliphatic rings. The maximum absolute atomic E-state index is 13.0. The number of para-hydroxylation sites is 1. The third-order valence-corrected chi connectivity index (χ3v) is 7.64. The molecule has 0 radical (unpaired) electrons. The van der Waals surface area contributed by atoms with E-state index >= 15 is 0 Å².